The number of aliphatic imine (C=N–C) groups is 1. The molecule has 116 valence electrons. The smallest absolute Gasteiger partial charge is 0.386 e. The summed E-state index contributed by atoms with van der Waals surface area (Å²) in [6, 6.07) is 1.56. The molecule has 0 unspecified atom stereocenters. The molecule has 1 rings (SSSR count). The fourth-order valence-electron chi connectivity index (χ4n) is 1.23. The molecule has 12 heteroatoms. The number of alkyl halides is 4. The number of rotatable bonds is 4. The highest BCUT2D eigenvalue weighted by Crippen LogP contribution is 2.35. The lowest BCUT2D eigenvalue weighted by atomic mass is 10.3. The van der Waals surface area contributed by atoms with Crippen molar-refractivity contribution in [1.82, 2.24) is 0 Å². The quantitative estimate of drug-likeness (QED) is 0.295. The van der Waals surface area contributed by atoms with E-state index in [0.29, 0.717) is 6.07 Å². The average Bonchev–Trinajstić information content (AvgIpc) is 2.37. The lowest BCUT2D eigenvalue weighted by Gasteiger charge is -2.08. The maximum absolute atomic E-state index is 12.4. The van der Waals surface area contributed by atoms with Crippen molar-refractivity contribution >= 4 is 38.6 Å². The molecule has 0 aliphatic heterocycles. The van der Waals surface area contributed by atoms with Crippen molar-refractivity contribution in [3.8, 4) is 0 Å². The summed E-state index contributed by atoms with van der Waals surface area (Å²) in [5.41, 5.74) is -1.64. The van der Waals surface area contributed by atoms with E-state index in [4.69, 9.17) is 17.3 Å². The summed E-state index contributed by atoms with van der Waals surface area (Å²) in [6.45, 7) is 0. The van der Waals surface area contributed by atoms with Crippen LogP contribution in [0.4, 0.5) is 24.5 Å². The molecule has 1 aromatic carbocycles. The fraction of sp³-hybridized carbons (Fsp3) is 0.222. The average molecular weight is 346 g/mol. The summed E-state index contributed by atoms with van der Waals surface area (Å²) >= 11 is 5.33. The van der Waals surface area contributed by atoms with E-state index in [2.05, 4.69) is 4.99 Å². The molecule has 0 aliphatic rings. The Morgan fingerprint density at radius 2 is 2.00 bits per heavy atom. The molecule has 0 fully saturated rings. The molecular weight excluding hydrogens is 339 g/mol. The Labute approximate surface area is 121 Å². The number of nitrogens with zero attached hydrogens (tertiary/aromatic N) is 2. The van der Waals surface area contributed by atoms with Crippen molar-refractivity contribution in [3.05, 3.63) is 28.3 Å². The van der Waals surface area contributed by atoms with Crippen molar-refractivity contribution < 1.29 is 26.5 Å². The maximum Gasteiger partial charge on any atom is 0.501 e. The van der Waals surface area contributed by atoms with E-state index in [0.717, 1.165) is 6.07 Å². The van der Waals surface area contributed by atoms with Crippen LogP contribution in [0.25, 0.3) is 0 Å². The van der Waals surface area contributed by atoms with E-state index in [-0.39, 0.29) is 17.8 Å². The van der Waals surface area contributed by atoms with E-state index in [1.807, 2.05) is 0 Å². The van der Waals surface area contributed by atoms with Crippen molar-refractivity contribution in [2.24, 2.45) is 10.7 Å². The third kappa shape index (κ3) is 3.61. The van der Waals surface area contributed by atoms with Gasteiger partial charge in [-0.3, -0.25) is 10.1 Å². The number of hydrogen-bond donors (Lipinski definition) is 1. The molecular formula is C9H7ClF3N3O4S. The van der Waals surface area contributed by atoms with Gasteiger partial charge in [-0.25, -0.2) is 13.4 Å². The molecule has 0 saturated heterocycles. The minimum absolute atomic E-state index is 0.216. The zero-order valence-electron chi connectivity index (χ0n) is 9.96. The second-order valence-electron chi connectivity index (χ2n) is 3.59. The molecule has 0 radical (unpaired) electrons. The van der Waals surface area contributed by atoms with E-state index >= 15 is 0 Å². The highest BCUT2D eigenvalue weighted by atomic mass is 35.5. The van der Waals surface area contributed by atoms with Crippen LogP contribution in [0.1, 0.15) is 0 Å². The minimum atomic E-state index is -5.69. The molecule has 21 heavy (non-hydrogen) atoms. The molecule has 1 aromatic rings. The second kappa shape index (κ2) is 5.85. The highest BCUT2D eigenvalue weighted by Gasteiger charge is 2.47. The van der Waals surface area contributed by atoms with Gasteiger partial charge in [-0.05, 0) is 12.1 Å². The number of halogens is 4. The van der Waals surface area contributed by atoms with Gasteiger partial charge in [-0.1, -0.05) is 0 Å². The Morgan fingerprint density at radius 3 is 2.43 bits per heavy atom. The predicted octanol–water partition coefficient (Wildman–Crippen LogP) is 2.12. The Morgan fingerprint density at radius 1 is 1.43 bits per heavy atom. The third-order valence-corrected chi connectivity index (χ3v) is 3.92. The first-order chi connectivity index (χ1) is 9.50. The van der Waals surface area contributed by atoms with E-state index in [9.17, 15) is 31.7 Å². The van der Waals surface area contributed by atoms with Gasteiger partial charge in [0.2, 0.25) is 0 Å². The SMILES string of the molecule is NC(CCl)=Nc1ccc(S(=O)(=O)C(F)(F)F)cc1[N+](=O)[O-]. The van der Waals surface area contributed by atoms with Gasteiger partial charge in [-0.2, -0.15) is 13.2 Å². The van der Waals surface area contributed by atoms with Crippen LogP contribution in [-0.2, 0) is 9.84 Å². The zero-order chi connectivity index (χ0) is 16.4. The van der Waals surface area contributed by atoms with Crippen LogP contribution in [-0.4, -0.2) is 30.6 Å². The largest absolute Gasteiger partial charge is 0.501 e. The Hall–Kier alpha value is -1.88. The van der Waals surface area contributed by atoms with Crippen LogP contribution in [0, 0.1) is 10.1 Å². The molecule has 0 aliphatic carbocycles. The van der Waals surface area contributed by atoms with Crippen LogP contribution in [0.5, 0.6) is 0 Å². The molecule has 0 atom stereocenters. The molecule has 0 heterocycles. The molecule has 0 aromatic heterocycles. The molecule has 0 bridgehead atoms. The summed E-state index contributed by atoms with van der Waals surface area (Å²) < 4.78 is 59.6. The van der Waals surface area contributed by atoms with Crippen molar-refractivity contribution in [1.29, 1.82) is 0 Å². The highest BCUT2D eigenvalue weighted by molar-refractivity contribution is 7.92. The van der Waals surface area contributed by atoms with Crippen LogP contribution < -0.4 is 5.73 Å². The van der Waals surface area contributed by atoms with Gasteiger partial charge >= 0.3 is 5.51 Å². The summed E-state index contributed by atoms with van der Waals surface area (Å²) in [5, 5.41) is 10.8. The van der Waals surface area contributed by atoms with Crippen LogP contribution in [0.3, 0.4) is 0 Å². The van der Waals surface area contributed by atoms with Gasteiger partial charge in [0.15, 0.2) is 0 Å². The fourth-order valence-corrected chi connectivity index (χ4v) is 2.07. The van der Waals surface area contributed by atoms with Gasteiger partial charge in [0.1, 0.15) is 11.5 Å². The first-order valence-corrected chi connectivity index (χ1v) is 7.01. The van der Waals surface area contributed by atoms with Gasteiger partial charge in [0.25, 0.3) is 15.5 Å². The second-order valence-corrected chi connectivity index (χ2v) is 5.80. The van der Waals surface area contributed by atoms with Gasteiger partial charge in [0.05, 0.1) is 15.7 Å². The predicted molar refractivity (Wildman–Crippen MR) is 68.3 cm³/mol. The van der Waals surface area contributed by atoms with Crippen molar-refractivity contribution in [2.75, 3.05) is 5.88 Å². The number of nitrogens with two attached hydrogens (primary N) is 1. The maximum atomic E-state index is 12.4. The molecule has 7 nitrogen and oxygen atoms in total. The van der Waals surface area contributed by atoms with Gasteiger partial charge in [-0.15, -0.1) is 11.6 Å². The first-order valence-electron chi connectivity index (χ1n) is 4.99. The number of nitro benzene ring substituents is 1. The zero-order valence-corrected chi connectivity index (χ0v) is 11.5. The van der Waals surface area contributed by atoms with Crippen LogP contribution in [0.2, 0.25) is 0 Å². The standard InChI is InChI=1S/C9H7ClF3N3O4S/c10-4-8(14)15-6-2-1-5(3-7(6)16(17)18)21(19,20)9(11,12)13/h1-3H,4H2,(H2,14,15). The number of benzene rings is 1. The summed E-state index contributed by atoms with van der Waals surface area (Å²) in [7, 11) is -5.69. The Kier molecular flexibility index (Phi) is 4.79. The topological polar surface area (TPSA) is 116 Å². The molecule has 0 saturated carbocycles. The first kappa shape index (κ1) is 17.2. The minimum Gasteiger partial charge on any atom is -0.386 e. The number of amidine groups is 1. The summed E-state index contributed by atoms with van der Waals surface area (Å²) in [4.78, 5) is 12.0. The van der Waals surface area contributed by atoms with Gasteiger partial charge < -0.3 is 5.73 Å². The third-order valence-electron chi connectivity index (χ3n) is 2.16. The molecule has 0 amide bonds. The van der Waals surface area contributed by atoms with E-state index in [1.165, 1.54) is 0 Å². The Balaban J connectivity index is 3.52. The molecule has 0 spiro atoms. The van der Waals surface area contributed by atoms with E-state index in [1.54, 1.807) is 0 Å². The lowest BCUT2D eigenvalue weighted by Crippen LogP contribution is -2.23. The summed E-state index contributed by atoms with van der Waals surface area (Å²) in [6.07, 6.45) is 0. The van der Waals surface area contributed by atoms with Crippen LogP contribution in [0.15, 0.2) is 28.1 Å². The lowest BCUT2D eigenvalue weighted by molar-refractivity contribution is -0.384. The number of sulfone groups is 1. The summed E-state index contributed by atoms with van der Waals surface area (Å²) in [5.74, 6) is -0.481. The van der Waals surface area contributed by atoms with Crippen molar-refractivity contribution in [2.45, 2.75) is 10.4 Å². The Bertz CT molecular complexity index is 703. The number of hydrogen-bond acceptors (Lipinski definition) is 5. The van der Waals surface area contributed by atoms with Crippen LogP contribution >= 0.6 is 11.6 Å². The van der Waals surface area contributed by atoms with Crippen molar-refractivity contribution in [3.63, 3.8) is 0 Å². The van der Waals surface area contributed by atoms with E-state index < -0.39 is 36.5 Å². The van der Waals surface area contributed by atoms with Gasteiger partial charge in [0, 0.05) is 6.07 Å². The monoisotopic (exact) mass is 345 g/mol. The molecule has 2 N–H and O–H groups in total. The number of nitro groups is 1. The normalized spacial score (nSPS) is 13.2.